The van der Waals surface area contributed by atoms with E-state index in [9.17, 15) is 19.8 Å². The molecule has 0 spiro atoms. The monoisotopic (exact) mass is 960 g/mol. The highest BCUT2D eigenvalue weighted by atomic mass is 16.5. The summed E-state index contributed by atoms with van der Waals surface area (Å²) in [6, 6.07) is -0.698. The first-order valence-electron chi connectivity index (χ1n) is 30.9. The Morgan fingerprint density at radius 2 is 0.706 bits per heavy atom. The summed E-state index contributed by atoms with van der Waals surface area (Å²) >= 11 is 0. The van der Waals surface area contributed by atoms with Crippen molar-refractivity contribution in [3.63, 3.8) is 0 Å². The highest BCUT2D eigenvalue weighted by molar-refractivity contribution is 5.77. The van der Waals surface area contributed by atoms with Crippen LogP contribution in [0.15, 0.2) is 12.2 Å². The van der Waals surface area contributed by atoms with E-state index >= 15 is 0 Å². The molecular weight excluding hydrogens is 839 g/mol. The number of hydrogen-bond acceptors (Lipinski definition) is 5. The van der Waals surface area contributed by atoms with Crippen LogP contribution in [0, 0.1) is 0 Å². The van der Waals surface area contributed by atoms with E-state index in [0.29, 0.717) is 19.3 Å². The maximum atomic E-state index is 13.3. The van der Waals surface area contributed by atoms with Gasteiger partial charge in [0.05, 0.1) is 25.2 Å². The summed E-state index contributed by atoms with van der Waals surface area (Å²) in [4.78, 5) is 26.3. The molecule has 0 rings (SSSR count). The quantitative estimate of drug-likeness (QED) is 0.0321. The normalized spacial score (nSPS) is 13.1. The minimum Gasteiger partial charge on any atom is -0.462 e. The highest BCUT2D eigenvalue weighted by Gasteiger charge is 2.24. The summed E-state index contributed by atoms with van der Waals surface area (Å²) in [7, 11) is 0. The lowest BCUT2D eigenvalue weighted by Crippen LogP contribution is -2.46. The number of carbonyl (C=O) groups excluding carboxylic acids is 2. The molecule has 0 aromatic rings. The second kappa shape index (κ2) is 56.5. The average Bonchev–Trinajstić information content (AvgIpc) is 3.33. The summed E-state index contributed by atoms with van der Waals surface area (Å²) in [5, 5.41) is 23.9. The number of nitrogens with one attached hydrogen (secondary N) is 1. The lowest BCUT2D eigenvalue weighted by Gasteiger charge is -2.24. The van der Waals surface area contributed by atoms with E-state index in [2.05, 4.69) is 38.2 Å². The maximum absolute atomic E-state index is 13.3. The Morgan fingerprint density at radius 3 is 1.04 bits per heavy atom. The second-order valence-corrected chi connectivity index (χ2v) is 21.5. The van der Waals surface area contributed by atoms with E-state index in [4.69, 9.17) is 4.74 Å². The van der Waals surface area contributed by atoms with Gasteiger partial charge in [-0.05, 0) is 51.4 Å². The number of ether oxygens (including phenoxy) is 1. The number of carbonyl (C=O) groups is 2. The third-order valence-electron chi connectivity index (χ3n) is 14.6. The summed E-state index contributed by atoms with van der Waals surface area (Å²) in [6.07, 6.45) is 65.7. The van der Waals surface area contributed by atoms with Gasteiger partial charge in [-0.2, -0.15) is 0 Å². The van der Waals surface area contributed by atoms with Gasteiger partial charge in [-0.25, -0.2) is 0 Å². The first-order chi connectivity index (χ1) is 33.5. The first-order valence-corrected chi connectivity index (χ1v) is 30.9. The molecule has 0 saturated heterocycles. The van der Waals surface area contributed by atoms with Crippen LogP contribution in [-0.4, -0.2) is 46.9 Å². The third-order valence-corrected chi connectivity index (χ3v) is 14.6. The Kier molecular flexibility index (Phi) is 55.3. The molecule has 404 valence electrons. The van der Waals surface area contributed by atoms with Gasteiger partial charge in [-0.15, -0.1) is 0 Å². The number of allylic oxidation sites excluding steroid dienone is 2. The van der Waals surface area contributed by atoms with E-state index < -0.39 is 18.2 Å². The van der Waals surface area contributed by atoms with Crippen molar-refractivity contribution in [2.45, 2.75) is 366 Å². The lowest BCUT2D eigenvalue weighted by molar-refractivity contribution is -0.151. The Hall–Kier alpha value is -1.40. The van der Waals surface area contributed by atoms with Gasteiger partial charge in [-0.3, -0.25) is 9.59 Å². The van der Waals surface area contributed by atoms with Gasteiger partial charge in [0.2, 0.25) is 5.91 Å². The minimum atomic E-state index is -0.784. The Morgan fingerprint density at radius 1 is 0.412 bits per heavy atom. The number of esters is 1. The van der Waals surface area contributed by atoms with Gasteiger partial charge < -0.3 is 20.3 Å². The molecule has 3 unspecified atom stereocenters. The van der Waals surface area contributed by atoms with E-state index in [1.54, 1.807) is 0 Å². The Bertz CT molecular complexity index is 1030. The Balaban J connectivity index is 4.51. The van der Waals surface area contributed by atoms with Crippen LogP contribution < -0.4 is 5.32 Å². The largest absolute Gasteiger partial charge is 0.462 e. The summed E-state index contributed by atoms with van der Waals surface area (Å²) in [5.74, 6) is -0.457. The fourth-order valence-electron chi connectivity index (χ4n) is 9.90. The second-order valence-electron chi connectivity index (χ2n) is 21.5. The predicted molar refractivity (Wildman–Crippen MR) is 297 cm³/mol. The molecule has 0 aromatic carbocycles. The molecule has 0 aliphatic rings. The van der Waals surface area contributed by atoms with Crippen LogP contribution in [-0.2, 0) is 14.3 Å². The lowest BCUT2D eigenvalue weighted by atomic mass is 10.0. The van der Waals surface area contributed by atoms with E-state index in [-0.39, 0.29) is 24.9 Å². The minimum absolute atomic E-state index is 0.0827. The molecule has 0 saturated carbocycles. The van der Waals surface area contributed by atoms with E-state index in [1.165, 1.54) is 250 Å². The molecule has 0 fully saturated rings. The topological polar surface area (TPSA) is 95.9 Å². The maximum Gasteiger partial charge on any atom is 0.306 e. The molecular formula is C62H121NO5. The van der Waals surface area contributed by atoms with Crippen LogP contribution in [0.25, 0.3) is 0 Å². The van der Waals surface area contributed by atoms with Crippen molar-refractivity contribution in [3.05, 3.63) is 12.2 Å². The van der Waals surface area contributed by atoms with Gasteiger partial charge in [0.15, 0.2) is 0 Å². The van der Waals surface area contributed by atoms with Gasteiger partial charge in [-0.1, -0.05) is 296 Å². The van der Waals surface area contributed by atoms with Crippen molar-refractivity contribution in [1.29, 1.82) is 0 Å². The smallest absolute Gasteiger partial charge is 0.306 e. The fourth-order valence-corrected chi connectivity index (χ4v) is 9.90. The molecule has 0 aliphatic heterocycles. The summed E-state index contributed by atoms with van der Waals surface area (Å²) in [5.41, 5.74) is 0. The number of amides is 1. The molecule has 0 radical (unpaired) electrons. The molecule has 0 heterocycles. The van der Waals surface area contributed by atoms with Crippen molar-refractivity contribution >= 4 is 11.9 Å². The third kappa shape index (κ3) is 51.0. The van der Waals surface area contributed by atoms with Crippen LogP contribution in [0.5, 0.6) is 0 Å². The SMILES string of the molecule is CCCCCCCCCCC/C=C/CCCCCCCC(=O)OC(CCCCCCCCCCCCCCCCCCC)CC(=O)NC(CO)C(O)CCCCCCCCCCCCCCCC. The van der Waals surface area contributed by atoms with E-state index in [0.717, 1.165) is 51.4 Å². The molecule has 6 heteroatoms. The Labute approximate surface area is 425 Å². The molecule has 6 nitrogen and oxygen atoms in total. The molecule has 0 bridgehead atoms. The number of hydrogen-bond donors (Lipinski definition) is 3. The number of aliphatic hydroxyl groups is 2. The molecule has 3 N–H and O–H groups in total. The van der Waals surface area contributed by atoms with Gasteiger partial charge in [0, 0.05) is 6.42 Å². The van der Waals surface area contributed by atoms with Crippen LogP contribution in [0.4, 0.5) is 0 Å². The van der Waals surface area contributed by atoms with Gasteiger partial charge in [0.1, 0.15) is 6.10 Å². The molecule has 1 amide bonds. The van der Waals surface area contributed by atoms with Crippen LogP contribution in [0.1, 0.15) is 348 Å². The van der Waals surface area contributed by atoms with Gasteiger partial charge >= 0.3 is 5.97 Å². The summed E-state index contributed by atoms with van der Waals surface area (Å²) in [6.45, 7) is 6.54. The fraction of sp³-hybridized carbons (Fsp3) is 0.935. The molecule has 68 heavy (non-hydrogen) atoms. The van der Waals surface area contributed by atoms with Crippen molar-refractivity contribution in [3.8, 4) is 0 Å². The average molecular weight is 961 g/mol. The number of unbranched alkanes of at least 4 members (excludes halogenated alkanes) is 43. The van der Waals surface area contributed by atoms with Crippen LogP contribution in [0.3, 0.4) is 0 Å². The van der Waals surface area contributed by atoms with Crippen molar-refractivity contribution in [1.82, 2.24) is 5.32 Å². The predicted octanol–water partition coefficient (Wildman–Crippen LogP) is 19.2. The van der Waals surface area contributed by atoms with Crippen molar-refractivity contribution in [2.75, 3.05) is 6.61 Å². The number of rotatable bonds is 57. The number of aliphatic hydroxyl groups excluding tert-OH is 2. The molecule has 0 aromatic heterocycles. The first kappa shape index (κ1) is 66.6. The van der Waals surface area contributed by atoms with Crippen molar-refractivity contribution < 1.29 is 24.5 Å². The van der Waals surface area contributed by atoms with Gasteiger partial charge in [0.25, 0.3) is 0 Å². The molecule has 0 aliphatic carbocycles. The van der Waals surface area contributed by atoms with E-state index in [1.807, 2.05) is 0 Å². The highest BCUT2D eigenvalue weighted by Crippen LogP contribution is 2.19. The van der Waals surface area contributed by atoms with Crippen LogP contribution in [0.2, 0.25) is 0 Å². The zero-order valence-corrected chi connectivity index (χ0v) is 46.3. The van der Waals surface area contributed by atoms with Crippen LogP contribution >= 0.6 is 0 Å². The zero-order valence-electron chi connectivity index (χ0n) is 46.3. The molecule has 3 atom stereocenters. The zero-order chi connectivity index (χ0) is 49.5. The summed E-state index contributed by atoms with van der Waals surface area (Å²) < 4.78 is 5.98. The standard InChI is InChI=1S/C62H121NO5/c1-4-7-10-13-16-19-22-25-28-30-32-34-37-40-43-46-49-52-55-62(67)68-58(53-50-47-44-41-38-35-33-31-29-26-23-20-17-14-11-8-5-2)56-61(66)63-59(57-64)60(65)54-51-48-45-42-39-36-27-24-21-18-15-12-9-6-3/h32,34,58-60,64-65H,4-31,33,35-57H2,1-3H3,(H,63,66)/b34-32+. The van der Waals surface area contributed by atoms with Crippen molar-refractivity contribution in [2.24, 2.45) is 0 Å².